The summed E-state index contributed by atoms with van der Waals surface area (Å²) >= 11 is 0. The molecule has 2 saturated heterocycles. The van der Waals surface area contributed by atoms with Crippen LogP contribution in [0, 0.1) is 0 Å². The fraction of sp³-hybridized carbons (Fsp3) is 0.667. The summed E-state index contributed by atoms with van der Waals surface area (Å²) in [5.41, 5.74) is 0.844. The lowest BCUT2D eigenvalue weighted by Gasteiger charge is -2.51. The van der Waals surface area contributed by atoms with Gasteiger partial charge in [-0.15, -0.1) is 0 Å². The molecule has 31 heavy (non-hydrogen) atoms. The van der Waals surface area contributed by atoms with Gasteiger partial charge in [-0.25, -0.2) is 4.79 Å². The Balaban J connectivity index is 1.40. The van der Waals surface area contributed by atoms with Gasteiger partial charge in [-0.05, 0) is 56.9 Å². The van der Waals surface area contributed by atoms with Crippen LogP contribution < -0.4 is 10.6 Å². The first-order valence-corrected chi connectivity index (χ1v) is 11.7. The van der Waals surface area contributed by atoms with E-state index in [4.69, 9.17) is 9.47 Å². The SMILES string of the molecule is CCNC(=O)N1CCC[C@@]2(COCC(=O)N2)[C@@H]1CO[C@H]1CC[C@@H](c2ccccc2)CC1. The molecular weight excluding hydrogens is 394 g/mol. The number of nitrogens with zero attached hydrogens (tertiary/aromatic N) is 1. The lowest BCUT2D eigenvalue weighted by atomic mass is 9.80. The van der Waals surface area contributed by atoms with Crippen LogP contribution in [0.1, 0.15) is 56.9 Å². The van der Waals surface area contributed by atoms with Crippen molar-refractivity contribution in [1.82, 2.24) is 15.5 Å². The molecule has 0 aromatic heterocycles. The minimum Gasteiger partial charge on any atom is -0.376 e. The van der Waals surface area contributed by atoms with Gasteiger partial charge >= 0.3 is 6.03 Å². The molecule has 1 aromatic rings. The smallest absolute Gasteiger partial charge is 0.317 e. The third kappa shape index (κ3) is 5.04. The van der Waals surface area contributed by atoms with E-state index in [1.54, 1.807) is 0 Å². The summed E-state index contributed by atoms with van der Waals surface area (Å²) in [5, 5.41) is 6.08. The number of morpholine rings is 1. The molecule has 1 aliphatic carbocycles. The van der Waals surface area contributed by atoms with Crippen molar-refractivity contribution in [2.45, 2.75) is 69.1 Å². The molecule has 3 aliphatic rings. The average Bonchev–Trinajstić information content (AvgIpc) is 2.79. The molecule has 4 rings (SSSR count). The average molecular weight is 430 g/mol. The maximum Gasteiger partial charge on any atom is 0.317 e. The standard InChI is InChI=1S/C24H35N3O4/c1-2-25-23(29)27-14-6-13-24(17-30-16-22(28)26-24)21(27)15-31-20-11-9-19(10-12-20)18-7-4-3-5-8-18/h3-5,7-8,19-21H,2,6,9-17H2,1H3,(H,25,29)(H,26,28)/t19-,20+,21-,24+/m0/s1. The van der Waals surface area contributed by atoms with E-state index in [2.05, 4.69) is 41.0 Å². The molecule has 1 spiro atoms. The number of hydrogen-bond donors (Lipinski definition) is 2. The van der Waals surface area contributed by atoms with Crippen molar-refractivity contribution in [1.29, 1.82) is 0 Å². The zero-order valence-corrected chi connectivity index (χ0v) is 18.5. The third-order valence-corrected chi connectivity index (χ3v) is 7.04. The van der Waals surface area contributed by atoms with Crippen LogP contribution in [-0.4, -0.2) is 67.4 Å². The minimum absolute atomic E-state index is 0.0833. The molecule has 170 valence electrons. The van der Waals surface area contributed by atoms with E-state index in [1.807, 2.05) is 11.8 Å². The van der Waals surface area contributed by atoms with Crippen molar-refractivity contribution in [2.75, 3.05) is 32.9 Å². The van der Waals surface area contributed by atoms with Gasteiger partial charge in [0, 0.05) is 13.1 Å². The van der Waals surface area contributed by atoms with Gasteiger partial charge in [0.1, 0.15) is 6.61 Å². The monoisotopic (exact) mass is 429 g/mol. The summed E-state index contributed by atoms with van der Waals surface area (Å²) < 4.78 is 12.0. The first-order valence-electron chi connectivity index (χ1n) is 11.7. The van der Waals surface area contributed by atoms with Crippen molar-refractivity contribution in [3.8, 4) is 0 Å². The zero-order chi connectivity index (χ0) is 21.7. The molecule has 0 unspecified atom stereocenters. The summed E-state index contributed by atoms with van der Waals surface area (Å²) in [6.45, 7) is 4.07. The number of ether oxygens (including phenoxy) is 2. The van der Waals surface area contributed by atoms with Crippen LogP contribution in [0.5, 0.6) is 0 Å². The fourth-order valence-electron chi connectivity index (χ4n) is 5.44. The molecule has 3 amide bonds. The normalized spacial score (nSPS) is 31.3. The lowest BCUT2D eigenvalue weighted by molar-refractivity contribution is -0.143. The van der Waals surface area contributed by atoms with Crippen LogP contribution in [-0.2, 0) is 14.3 Å². The number of urea groups is 1. The van der Waals surface area contributed by atoms with Gasteiger partial charge in [0.05, 0.1) is 30.9 Å². The lowest BCUT2D eigenvalue weighted by Crippen LogP contribution is -2.72. The van der Waals surface area contributed by atoms with Crippen molar-refractivity contribution in [3.63, 3.8) is 0 Å². The number of carbonyl (C=O) groups excluding carboxylic acids is 2. The van der Waals surface area contributed by atoms with Gasteiger partial charge in [0.2, 0.25) is 5.91 Å². The van der Waals surface area contributed by atoms with Crippen LogP contribution in [0.25, 0.3) is 0 Å². The number of benzene rings is 1. The number of hydrogen-bond acceptors (Lipinski definition) is 4. The molecule has 0 bridgehead atoms. The highest BCUT2D eigenvalue weighted by molar-refractivity contribution is 5.80. The Labute approximate surface area is 184 Å². The van der Waals surface area contributed by atoms with Gasteiger partial charge in [-0.3, -0.25) is 4.79 Å². The van der Waals surface area contributed by atoms with Gasteiger partial charge in [-0.2, -0.15) is 0 Å². The maximum absolute atomic E-state index is 12.8. The van der Waals surface area contributed by atoms with Crippen LogP contribution >= 0.6 is 0 Å². The molecular formula is C24H35N3O4. The van der Waals surface area contributed by atoms with E-state index in [9.17, 15) is 9.59 Å². The summed E-state index contributed by atoms with van der Waals surface area (Å²) in [7, 11) is 0. The first-order chi connectivity index (χ1) is 15.1. The molecule has 0 radical (unpaired) electrons. The Kier molecular flexibility index (Phi) is 7.13. The topological polar surface area (TPSA) is 79.9 Å². The van der Waals surface area contributed by atoms with E-state index in [0.29, 0.717) is 32.2 Å². The van der Waals surface area contributed by atoms with E-state index in [0.717, 1.165) is 38.5 Å². The van der Waals surface area contributed by atoms with E-state index in [-0.39, 0.29) is 30.7 Å². The Bertz CT molecular complexity index is 746. The highest BCUT2D eigenvalue weighted by Gasteiger charge is 2.49. The van der Waals surface area contributed by atoms with E-state index >= 15 is 0 Å². The molecule has 2 heterocycles. The zero-order valence-electron chi connectivity index (χ0n) is 18.5. The highest BCUT2D eigenvalue weighted by Crippen LogP contribution is 2.35. The Morgan fingerprint density at radius 3 is 2.74 bits per heavy atom. The second-order valence-corrected chi connectivity index (χ2v) is 9.06. The van der Waals surface area contributed by atoms with Crippen molar-refractivity contribution in [3.05, 3.63) is 35.9 Å². The van der Waals surface area contributed by atoms with E-state index < -0.39 is 5.54 Å². The second kappa shape index (κ2) is 10.0. The molecule has 2 atom stereocenters. The third-order valence-electron chi connectivity index (χ3n) is 7.04. The quantitative estimate of drug-likeness (QED) is 0.754. The Hall–Kier alpha value is -2.12. The van der Waals surface area contributed by atoms with Crippen LogP contribution in [0.3, 0.4) is 0 Å². The number of amides is 3. The molecule has 2 aliphatic heterocycles. The molecule has 1 aromatic carbocycles. The highest BCUT2D eigenvalue weighted by atomic mass is 16.5. The predicted octanol–water partition coefficient (Wildman–Crippen LogP) is 2.81. The largest absolute Gasteiger partial charge is 0.376 e. The number of nitrogens with one attached hydrogen (secondary N) is 2. The number of likely N-dealkylation sites (tertiary alicyclic amines) is 1. The fourth-order valence-corrected chi connectivity index (χ4v) is 5.44. The molecule has 2 N–H and O–H groups in total. The van der Waals surface area contributed by atoms with Crippen LogP contribution in [0.4, 0.5) is 4.79 Å². The Morgan fingerprint density at radius 1 is 1.26 bits per heavy atom. The van der Waals surface area contributed by atoms with Crippen LogP contribution in [0.15, 0.2) is 30.3 Å². The molecule has 3 fully saturated rings. The molecule has 7 nitrogen and oxygen atoms in total. The van der Waals surface area contributed by atoms with Crippen LogP contribution in [0.2, 0.25) is 0 Å². The Morgan fingerprint density at radius 2 is 2.03 bits per heavy atom. The van der Waals surface area contributed by atoms with Gasteiger partial charge in [0.15, 0.2) is 0 Å². The van der Waals surface area contributed by atoms with Gasteiger partial charge in [-0.1, -0.05) is 30.3 Å². The van der Waals surface area contributed by atoms with Gasteiger partial charge < -0.3 is 25.0 Å². The van der Waals surface area contributed by atoms with Crippen molar-refractivity contribution in [2.24, 2.45) is 0 Å². The number of carbonyl (C=O) groups is 2. The number of rotatable bonds is 5. The van der Waals surface area contributed by atoms with E-state index in [1.165, 1.54) is 5.56 Å². The summed E-state index contributed by atoms with van der Waals surface area (Å²) in [4.78, 5) is 26.8. The molecule has 7 heteroatoms. The predicted molar refractivity (Wildman–Crippen MR) is 118 cm³/mol. The summed E-state index contributed by atoms with van der Waals surface area (Å²) in [6.07, 6.45) is 6.08. The summed E-state index contributed by atoms with van der Waals surface area (Å²) in [6, 6.07) is 10.4. The van der Waals surface area contributed by atoms with Gasteiger partial charge in [0.25, 0.3) is 0 Å². The maximum atomic E-state index is 12.8. The summed E-state index contributed by atoms with van der Waals surface area (Å²) in [5.74, 6) is 0.484. The number of piperidine rings is 1. The second-order valence-electron chi connectivity index (χ2n) is 9.06. The first kappa shape index (κ1) is 22.1. The van der Waals surface area contributed by atoms with Crippen molar-refractivity contribution < 1.29 is 19.1 Å². The van der Waals surface area contributed by atoms with Crippen molar-refractivity contribution >= 4 is 11.9 Å². The minimum atomic E-state index is -0.570. The molecule has 1 saturated carbocycles.